The van der Waals surface area contributed by atoms with E-state index < -0.39 is 8.25 Å². The molecule has 0 bridgehead atoms. The van der Waals surface area contributed by atoms with Gasteiger partial charge in [0.05, 0.1) is 0 Å². The van der Waals surface area contributed by atoms with Crippen molar-refractivity contribution < 1.29 is 13.6 Å². The zero-order valence-electron chi connectivity index (χ0n) is 13.1. The van der Waals surface area contributed by atoms with Gasteiger partial charge in [0.1, 0.15) is 0 Å². The number of unbranched alkanes of at least 4 members (excludes halogenated alkanes) is 9. The molecule has 118 valence electrons. The smallest absolute Gasteiger partial charge is 0.318 e. The Morgan fingerprint density at radius 2 is 1.16 bits per heavy atom. The van der Waals surface area contributed by atoms with Gasteiger partial charge < -0.3 is 14.8 Å². The summed E-state index contributed by atoms with van der Waals surface area (Å²) >= 11 is 0. The van der Waals surface area contributed by atoms with Crippen molar-refractivity contribution in [3.63, 3.8) is 0 Å². The molecule has 0 aliphatic heterocycles. The summed E-state index contributed by atoms with van der Waals surface area (Å²) in [7, 11) is 0.558. The minimum Gasteiger partial charge on any atom is -0.330 e. The summed E-state index contributed by atoms with van der Waals surface area (Å²) in [5, 5.41) is 0. The fourth-order valence-corrected chi connectivity index (χ4v) is 1.88. The van der Waals surface area contributed by atoms with Gasteiger partial charge in [0.15, 0.2) is 0 Å². The van der Waals surface area contributed by atoms with Crippen LogP contribution in [-0.2, 0) is 13.6 Å². The van der Waals surface area contributed by atoms with Crippen molar-refractivity contribution in [2.24, 2.45) is 5.73 Å². The number of rotatable bonds is 12. The minimum absolute atomic E-state index is 0.872. The fourth-order valence-electron chi connectivity index (χ4n) is 1.72. The zero-order chi connectivity index (χ0) is 14.8. The minimum atomic E-state index is -2.12. The Labute approximate surface area is 120 Å². The topological polar surface area (TPSA) is 61.5 Å². The first-order valence-electron chi connectivity index (χ1n) is 7.54. The van der Waals surface area contributed by atoms with Gasteiger partial charge in [0.25, 0.3) is 0 Å². The summed E-state index contributed by atoms with van der Waals surface area (Å²) in [6, 6.07) is 0. The predicted octanol–water partition coefficient (Wildman–Crippen LogP) is 4.53. The van der Waals surface area contributed by atoms with E-state index in [1.165, 1.54) is 78.4 Å². The second-order valence-corrected chi connectivity index (χ2v) is 5.95. The molecule has 2 N–H and O–H groups in total. The molecule has 0 radical (unpaired) electrons. The second kappa shape index (κ2) is 20.4. The van der Waals surface area contributed by atoms with E-state index in [1.807, 2.05) is 0 Å². The lowest BCUT2D eigenvalue weighted by Gasteiger charge is -2.00. The number of hydrogen-bond acceptors (Lipinski definition) is 4. The van der Waals surface area contributed by atoms with E-state index in [-0.39, 0.29) is 0 Å². The highest BCUT2D eigenvalue weighted by Crippen LogP contribution is 2.18. The molecule has 0 saturated heterocycles. The summed E-state index contributed by atoms with van der Waals surface area (Å²) in [6.45, 7) is 3.14. The van der Waals surface area contributed by atoms with Crippen molar-refractivity contribution in [3.8, 4) is 0 Å². The molecule has 0 aliphatic carbocycles. The highest BCUT2D eigenvalue weighted by molar-refractivity contribution is 7.33. The van der Waals surface area contributed by atoms with Crippen LogP contribution in [0.1, 0.15) is 71.1 Å². The first-order chi connectivity index (χ1) is 9.22. The third-order valence-electron chi connectivity index (χ3n) is 2.89. The first-order valence-corrected chi connectivity index (χ1v) is 8.77. The second-order valence-electron chi connectivity index (χ2n) is 4.63. The summed E-state index contributed by atoms with van der Waals surface area (Å²) in [4.78, 5) is 0. The maximum Gasteiger partial charge on any atom is 0.318 e. The SMILES string of the molecule is CCCCCCCCCCCCN.CO[PH](=O)OC. The van der Waals surface area contributed by atoms with Crippen LogP contribution in [0.5, 0.6) is 0 Å². The Morgan fingerprint density at radius 3 is 1.42 bits per heavy atom. The molecule has 0 atom stereocenters. The van der Waals surface area contributed by atoms with Gasteiger partial charge in [0.2, 0.25) is 0 Å². The first kappa shape index (κ1) is 21.4. The fraction of sp³-hybridized carbons (Fsp3) is 1.00. The normalized spacial score (nSPS) is 10.4. The van der Waals surface area contributed by atoms with Crippen LogP contribution < -0.4 is 5.73 Å². The van der Waals surface area contributed by atoms with Crippen LogP contribution in [0.15, 0.2) is 0 Å². The molecule has 0 rings (SSSR count). The van der Waals surface area contributed by atoms with Crippen molar-refractivity contribution in [2.45, 2.75) is 71.1 Å². The lowest BCUT2D eigenvalue weighted by Crippen LogP contribution is -1.97. The quantitative estimate of drug-likeness (QED) is 0.424. The van der Waals surface area contributed by atoms with E-state index in [0.717, 1.165) is 6.54 Å². The molecule has 0 saturated carbocycles. The Balaban J connectivity index is 0. The van der Waals surface area contributed by atoms with Crippen LogP contribution in [0.4, 0.5) is 0 Å². The molecule has 5 heteroatoms. The van der Waals surface area contributed by atoms with Gasteiger partial charge in [-0.25, -0.2) is 0 Å². The molecule has 0 unspecified atom stereocenters. The lowest BCUT2D eigenvalue weighted by atomic mass is 10.1. The van der Waals surface area contributed by atoms with Crippen LogP contribution in [0.2, 0.25) is 0 Å². The lowest BCUT2D eigenvalue weighted by molar-refractivity contribution is 0.302. The van der Waals surface area contributed by atoms with Gasteiger partial charge in [-0.3, -0.25) is 4.57 Å². The Kier molecular flexibility index (Phi) is 23.0. The molecular formula is C14H34NO3P. The molecule has 0 heterocycles. The maximum atomic E-state index is 9.92. The summed E-state index contributed by atoms with van der Waals surface area (Å²) < 4.78 is 18.4. The molecule has 19 heavy (non-hydrogen) atoms. The monoisotopic (exact) mass is 295 g/mol. The molecule has 0 spiro atoms. The Hall–Kier alpha value is 0.110. The standard InChI is InChI=1S/C12H27N.C2H7O3P/c1-2-3-4-5-6-7-8-9-10-11-12-13;1-4-6(3)5-2/h2-13H2,1H3;6H,1-2H3. The van der Waals surface area contributed by atoms with Gasteiger partial charge in [-0.1, -0.05) is 64.7 Å². The van der Waals surface area contributed by atoms with Gasteiger partial charge in [-0.05, 0) is 13.0 Å². The maximum absolute atomic E-state index is 9.92. The highest BCUT2D eigenvalue weighted by atomic mass is 31.1. The molecular weight excluding hydrogens is 261 g/mol. The van der Waals surface area contributed by atoms with Crippen molar-refractivity contribution in [3.05, 3.63) is 0 Å². The van der Waals surface area contributed by atoms with Crippen LogP contribution in [0, 0.1) is 0 Å². The van der Waals surface area contributed by atoms with Crippen LogP contribution in [0.3, 0.4) is 0 Å². The van der Waals surface area contributed by atoms with Gasteiger partial charge >= 0.3 is 8.25 Å². The van der Waals surface area contributed by atoms with Gasteiger partial charge in [-0.15, -0.1) is 0 Å². The third-order valence-corrected chi connectivity index (χ3v) is 3.56. The van der Waals surface area contributed by atoms with E-state index >= 15 is 0 Å². The van der Waals surface area contributed by atoms with E-state index in [9.17, 15) is 4.57 Å². The molecule has 0 aromatic carbocycles. The van der Waals surface area contributed by atoms with Gasteiger partial charge in [-0.2, -0.15) is 0 Å². The molecule has 0 aliphatic rings. The molecule has 0 fully saturated rings. The Morgan fingerprint density at radius 1 is 0.789 bits per heavy atom. The third kappa shape index (κ3) is 23.6. The van der Waals surface area contributed by atoms with E-state index in [4.69, 9.17) is 5.73 Å². The van der Waals surface area contributed by atoms with E-state index in [0.29, 0.717) is 0 Å². The molecule has 0 aromatic rings. The summed E-state index contributed by atoms with van der Waals surface area (Å²) in [5.74, 6) is 0. The number of hydrogen-bond donors (Lipinski definition) is 1. The molecule has 4 nitrogen and oxygen atoms in total. The van der Waals surface area contributed by atoms with Crippen LogP contribution in [0.25, 0.3) is 0 Å². The van der Waals surface area contributed by atoms with Crippen LogP contribution >= 0.6 is 8.25 Å². The van der Waals surface area contributed by atoms with Crippen LogP contribution in [-0.4, -0.2) is 20.8 Å². The largest absolute Gasteiger partial charge is 0.330 e. The van der Waals surface area contributed by atoms with Crippen molar-refractivity contribution in [2.75, 3.05) is 20.8 Å². The number of nitrogens with two attached hydrogens (primary N) is 1. The van der Waals surface area contributed by atoms with E-state index in [1.54, 1.807) is 0 Å². The summed E-state index contributed by atoms with van der Waals surface area (Å²) in [5.41, 5.74) is 5.42. The summed E-state index contributed by atoms with van der Waals surface area (Å²) in [6.07, 6.45) is 13.9. The Bertz CT molecular complexity index is 164. The van der Waals surface area contributed by atoms with Crippen molar-refractivity contribution >= 4 is 8.25 Å². The zero-order valence-corrected chi connectivity index (χ0v) is 14.1. The van der Waals surface area contributed by atoms with Crippen molar-refractivity contribution in [1.29, 1.82) is 0 Å². The molecule has 0 aromatic heterocycles. The van der Waals surface area contributed by atoms with E-state index in [2.05, 4.69) is 16.0 Å². The highest BCUT2D eigenvalue weighted by Gasteiger charge is 1.91. The molecule has 0 amide bonds. The van der Waals surface area contributed by atoms with Gasteiger partial charge in [0, 0.05) is 14.2 Å². The predicted molar refractivity (Wildman–Crippen MR) is 83.9 cm³/mol. The average molecular weight is 295 g/mol. The van der Waals surface area contributed by atoms with Crippen molar-refractivity contribution in [1.82, 2.24) is 0 Å². The average Bonchev–Trinajstić information content (AvgIpc) is 2.45.